The van der Waals surface area contributed by atoms with Gasteiger partial charge in [0.2, 0.25) is 0 Å². The van der Waals surface area contributed by atoms with E-state index in [2.05, 4.69) is 136 Å². The van der Waals surface area contributed by atoms with Crippen molar-refractivity contribution in [2.75, 3.05) is 0 Å². The van der Waals surface area contributed by atoms with E-state index in [9.17, 15) is 0 Å². The molecule has 0 spiro atoms. The van der Waals surface area contributed by atoms with Gasteiger partial charge in [-0.3, -0.25) is 0 Å². The number of benzene rings is 1. The molecule has 30 heavy (non-hydrogen) atoms. The van der Waals surface area contributed by atoms with Gasteiger partial charge >= 0.3 is 0 Å². The molecule has 0 aliphatic carbocycles. The fourth-order valence-corrected chi connectivity index (χ4v) is 13.0. The Morgan fingerprint density at radius 3 is 0.700 bits per heavy atom. The van der Waals surface area contributed by atoms with Crippen molar-refractivity contribution in [2.24, 2.45) is 0 Å². The van der Waals surface area contributed by atoms with E-state index in [1.165, 1.54) is 23.0 Å². The predicted octanol–water partition coefficient (Wildman–Crippen LogP) is 9.96. The fraction of sp³-hybridized carbons (Fsp3) is 0.727. The van der Waals surface area contributed by atoms with Crippen LogP contribution >= 0.6 is 44.8 Å². The van der Waals surface area contributed by atoms with Gasteiger partial charge in [-0.15, -0.1) is 0 Å². The highest BCUT2D eigenvalue weighted by Crippen LogP contribution is 2.36. The highest BCUT2D eigenvalue weighted by molar-refractivity contribution is 8.29. The molecule has 1 rings (SSSR count). The van der Waals surface area contributed by atoms with Crippen LogP contribution in [0.2, 0.25) is 78.6 Å². The molecule has 1 aromatic carbocycles. The minimum atomic E-state index is -1.12. The standard InChI is InChI=1S/C22H46S4Si4/c1-27(2,3)23-15-19-13-21(17-25-29(7,8)9)22(18-26-30(10,11)12)14-20(19)16-24-28(4,5)6/h13-14H,15-18H2,1-12H3. The van der Waals surface area contributed by atoms with Crippen molar-refractivity contribution in [1.29, 1.82) is 0 Å². The zero-order valence-electron chi connectivity index (χ0n) is 21.6. The van der Waals surface area contributed by atoms with E-state index in [-0.39, 0.29) is 0 Å². The van der Waals surface area contributed by atoms with E-state index in [0.29, 0.717) is 0 Å². The summed E-state index contributed by atoms with van der Waals surface area (Å²) in [5.74, 6) is 4.79. The molecule has 0 nitrogen and oxygen atoms in total. The van der Waals surface area contributed by atoms with Crippen LogP contribution in [0, 0.1) is 0 Å². The summed E-state index contributed by atoms with van der Waals surface area (Å²) in [7, 11) is -4.48. The second kappa shape index (κ2) is 11.8. The van der Waals surface area contributed by atoms with Crippen LogP contribution in [-0.2, 0) is 23.0 Å². The van der Waals surface area contributed by atoms with Crippen molar-refractivity contribution >= 4 is 73.7 Å². The van der Waals surface area contributed by atoms with Gasteiger partial charge in [-0.2, -0.15) is 44.8 Å². The van der Waals surface area contributed by atoms with Crippen LogP contribution in [0.4, 0.5) is 0 Å². The highest BCUT2D eigenvalue weighted by atomic mass is 32.4. The van der Waals surface area contributed by atoms with Gasteiger partial charge in [0.1, 0.15) is 28.9 Å². The lowest BCUT2D eigenvalue weighted by Gasteiger charge is -2.24. The second-order valence-electron chi connectivity index (χ2n) is 12.0. The Hall–Kier alpha value is 1.49. The maximum Gasteiger partial charge on any atom is 0.108 e. The van der Waals surface area contributed by atoms with Gasteiger partial charge in [0.15, 0.2) is 0 Å². The molecule has 8 heteroatoms. The normalized spacial score (nSPS) is 13.7. The molecule has 0 aromatic heterocycles. The molecule has 1 aromatic rings. The number of rotatable bonds is 12. The van der Waals surface area contributed by atoms with Crippen LogP contribution in [0.5, 0.6) is 0 Å². The number of hydrogen-bond acceptors (Lipinski definition) is 4. The van der Waals surface area contributed by atoms with E-state index in [4.69, 9.17) is 0 Å². The summed E-state index contributed by atoms with van der Waals surface area (Å²) in [5, 5.41) is 0. The van der Waals surface area contributed by atoms with Crippen LogP contribution in [0.25, 0.3) is 0 Å². The molecule has 0 saturated heterocycles. The van der Waals surface area contributed by atoms with Gasteiger partial charge in [-0.1, -0.05) is 90.7 Å². The maximum absolute atomic E-state index is 2.63. The molecule has 0 unspecified atom stereocenters. The first-order valence-electron chi connectivity index (χ1n) is 11.0. The summed E-state index contributed by atoms with van der Waals surface area (Å²) in [6.07, 6.45) is 0. The third kappa shape index (κ3) is 13.9. The first kappa shape index (κ1) is 29.5. The lowest BCUT2D eigenvalue weighted by Crippen LogP contribution is -2.17. The first-order chi connectivity index (χ1) is 13.3. The summed E-state index contributed by atoms with van der Waals surface area (Å²) < 4.78 is 0. The van der Waals surface area contributed by atoms with E-state index in [1.807, 2.05) is 0 Å². The molecule has 0 radical (unpaired) electrons. The van der Waals surface area contributed by atoms with Crippen LogP contribution in [0.3, 0.4) is 0 Å². The zero-order chi connectivity index (χ0) is 23.4. The largest absolute Gasteiger partial charge is 0.181 e. The molecule has 0 N–H and O–H groups in total. The third-order valence-corrected chi connectivity index (χ3v) is 21.6. The third-order valence-electron chi connectivity index (χ3n) is 4.16. The van der Waals surface area contributed by atoms with Crippen LogP contribution in [0.15, 0.2) is 12.1 Å². The van der Waals surface area contributed by atoms with Crippen molar-refractivity contribution in [1.82, 2.24) is 0 Å². The average molecular weight is 551 g/mol. The van der Waals surface area contributed by atoms with Crippen LogP contribution < -0.4 is 0 Å². The quantitative estimate of drug-likeness (QED) is 0.237. The molecule has 0 heterocycles. The van der Waals surface area contributed by atoms with Crippen LogP contribution in [0.1, 0.15) is 22.3 Å². The lowest BCUT2D eigenvalue weighted by molar-refractivity contribution is 1.19. The van der Waals surface area contributed by atoms with E-state index in [0.717, 1.165) is 0 Å². The summed E-state index contributed by atoms with van der Waals surface area (Å²) in [6.45, 7) is 29.8. The predicted molar refractivity (Wildman–Crippen MR) is 165 cm³/mol. The summed E-state index contributed by atoms with van der Waals surface area (Å²) >= 11 is 8.94. The molecule has 0 aliphatic heterocycles. The van der Waals surface area contributed by atoms with Crippen molar-refractivity contribution in [3.8, 4) is 0 Å². The molecule has 0 fully saturated rings. The SMILES string of the molecule is C[Si](C)(C)SCc1cc(CS[Si](C)(C)C)c(CS[Si](C)(C)C)cc1CS[Si](C)(C)C. The summed E-state index contributed by atoms with van der Waals surface area (Å²) in [5.41, 5.74) is 6.50. The maximum atomic E-state index is 2.63. The number of hydrogen-bond donors (Lipinski definition) is 0. The second-order valence-corrected chi connectivity index (χ2v) is 49.4. The zero-order valence-corrected chi connectivity index (χ0v) is 28.9. The highest BCUT2D eigenvalue weighted by Gasteiger charge is 2.22. The molecule has 0 aliphatic rings. The van der Waals surface area contributed by atoms with E-state index < -0.39 is 28.9 Å². The first-order valence-corrected chi connectivity index (χ1v) is 31.9. The summed E-state index contributed by atoms with van der Waals surface area (Å²) in [4.78, 5) is 0. The summed E-state index contributed by atoms with van der Waals surface area (Å²) in [6, 6.07) is 5.25. The van der Waals surface area contributed by atoms with Gasteiger partial charge in [0.25, 0.3) is 0 Å². The molecule has 174 valence electrons. The molecule has 0 amide bonds. The minimum Gasteiger partial charge on any atom is -0.181 e. The topological polar surface area (TPSA) is 0 Å². The fourth-order valence-electron chi connectivity index (χ4n) is 2.51. The molecule has 0 saturated carbocycles. The van der Waals surface area contributed by atoms with Crippen molar-refractivity contribution in [2.45, 2.75) is 102 Å². The molecule has 0 atom stereocenters. The molecular weight excluding hydrogens is 505 g/mol. The molecular formula is C22H46S4Si4. The molecule has 0 bridgehead atoms. The lowest BCUT2D eigenvalue weighted by atomic mass is 10.0. The smallest absolute Gasteiger partial charge is 0.108 e. The Bertz CT molecular complexity index is 566. The van der Waals surface area contributed by atoms with Gasteiger partial charge in [-0.25, -0.2) is 0 Å². The van der Waals surface area contributed by atoms with E-state index >= 15 is 0 Å². The Morgan fingerprint density at radius 2 is 0.567 bits per heavy atom. The Balaban J connectivity index is 3.31. The monoisotopic (exact) mass is 550 g/mol. The van der Waals surface area contributed by atoms with Gasteiger partial charge in [0.05, 0.1) is 0 Å². The van der Waals surface area contributed by atoms with Crippen molar-refractivity contribution < 1.29 is 0 Å². The van der Waals surface area contributed by atoms with Crippen molar-refractivity contribution in [3.05, 3.63) is 34.4 Å². The van der Waals surface area contributed by atoms with Gasteiger partial charge < -0.3 is 0 Å². The Kier molecular flexibility index (Phi) is 11.6. The average Bonchev–Trinajstić information content (AvgIpc) is 2.52. The minimum absolute atomic E-state index is 1.12. The van der Waals surface area contributed by atoms with E-state index in [1.54, 1.807) is 22.3 Å². The van der Waals surface area contributed by atoms with Gasteiger partial charge in [-0.05, 0) is 22.3 Å². The van der Waals surface area contributed by atoms with Gasteiger partial charge in [0, 0.05) is 23.0 Å². The van der Waals surface area contributed by atoms with Crippen molar-refractivity contribution in [3.63, 3.8) is 0 Å². The Morgan fingerprint density at radius 1 is 0.400 bits per heavy atom. The Labute approximate surface area is 208 Å². The van der Waals surface area contributed by atoms with Crippen LogP contribution in [-0.4, -0.2) is 28.9 Å².